The normalized spacial score (nSPS) is 16.2. The van der Waals surface area contributed by atoms with E-state index in [2.05, 4.69) is 21.9 Å². The fraction of sp³-hybridized carbons (Fsp3) is 0.583. The maximum absolute atomic E-state index is 12.0. The lowest BCUT2D eigenvalue weighted by Crippen LogP contribution is -2.32. The van der Waals surface area contributed by atoms with Crippen molar-refractivity contribution in [1.29, 1.82) is 0 Å². The van der Waals surface area contributed by atoms with E-state index in [1.54, 1.807) is 6.07 Å². The van der Waals surface area contributed by atoms with Crippen LogP contribution in [0.1, 0.15) is 19.0 Å². The Kier molecular flexibility index (Phi) is 3.74. The number of anilines is 1. The number of nitrogens with zero attached hydrogens (tertiary/aromatic N) is 4. The van der Waals surface area contributed by atoms with Crippen molar-refractivity contribution in [2.45, 2.75) is 19.8 Å². The van der Waals surface area contributed by atoms with Crippen LogP contribution < -0.4 is 10.5 Å². The smallest absolute Gasteiger partial charge is 0.275 e. The second-order valence-electron chi connectivity index (χ2n) is 4.51. The van der Waals surface area contributed by atoms with Crippen molar-refractivity contribution in [1.82, 2.24) is 14.6 Å². The number of hydrogen-bond donors (Lipinski definition) is 0. The Bertz CT molecular complexity index is 630. The molecule has 1 aliphatic heterocycles. The van der Waals surface area contributed by atoms with Gasteiger partial charge in [-0.2, -0.15) is 16.3 Å². The molecule has 1 aliphatic rings. The van der Waals surface area contributed by atoms with Gasteiger partial charge in [-0.3, -0.25) is 4.79 Å². The molecule has 0 amide bonds. The Labute approximate surface area is 119 Å². The summed E-state index contributed by atoms with van der Waals surface area (Å²) in [4.78, 5) is 19.5. The molecule has 0 unspecified atom stereocenters. The van der Waals surface area contributed by atoms with Crippen LogP contribution in [0.25, 0.3) is 4.96 Å². The van der Waals surface area contributed by atoms with Crippen molar-refractivity contribution in [3.8, 4) is 0 Å². The minimum absolute atomic E-state index is 0.0673. The van der Waals surface area contributed by atoms with Gasteiger partial charge in [0, 0.05) is 36.4 Å². The zero-order chi connectivity index (χ0) is 13.2. The zero-order valence-electron chi connectivity index (χ0n) is 10.8. The standard InChI is InChI=1S/C12H16N4OS2/c1-2-3-9-8-10(17)16-11(13-9)19-12(14-16)15-4-6-18-7-5-15/h8H,2-7H2,1H3. The topological polar surface area (TPSA) is 50.5 Å². The number of fused-ring (bicyclic) bond motifs is 1. The highest BCUT2D eigenvalue weighted by molar-refractivity contribution is 7.99. The Morgan fingerprint density at radius 2 is 2.16 bits per heavy atom. The van der Waals surface area contributed by atoms with E-state index in [1.165, 1.54) is 15.9 Å². The van der Waals surface area contributed by atoms with Crippen molar-refractivity contribution >= 4 is 33.2 Å². The minimum Gasteiger partial charge on any atom is -0.345 e. The van der Waals surface area contributed by atoms with Gasteiger partial charge in [-0.15, -0.1) is 5.10 Å². The zero-order valence-corrected chi connectivity index (χ0v) is 12.5. The molecule has 2 aromatic rings. The maximum Gasteiger partial charge on any atom is 0.275 e. The largest absolute Gasteiger partial charge is 0.345 e. The van der Waals surface area contributed by atoms with Gasteiger partial charge < -0.3 is 4.90 Å². The molecule has 2 aromatic heterocycles. The van der Waals surface area contributed by atoms with Crippen LogP contribution in [0.5, 0.6) is 0 Å². The Morgan fingerprint density at radius 1 is 1.37 bits per heavy atom. The predicted molar refractivity (Wildman–Crippen MR) is 80.7 cm³/mol. The van der Waals surface area contributed by atoms with E-state index < -0.39 is 0 Å². The first kappa shape index (κ1) is 12.9. The SMILES string of the molecule is CCCc1cc(=O)n2nc(N3CCSCC3)sc2n1. The Morgan fingerprint density at radius 3 is 2.89 bits per heavy atom. The summed E-state index contributed by atoms with van der Waals surface area (Å²) in [6, 6.07) is 1.60. The fourth-order valence-electron chi connectivity index (χ4n) is 2.11. The molecule has 0 N–H and O–H groups in total. The first-order chi connectivity index (χ1) is 9.28. The molecule has 19 heavy (non-hydrogen) atoms. The molecule has 1 saturated heterocycles. The first-order valence-electron chi connectivity index (χ1n) is 6.50. The lowest BCUT2D eigenvalue weighted by atomic mass is 10.2. The minimum atomic E-state index is -0.0673. The number of thioether (sulfide) groups is 1. The summed E-state index contributed by atoms with van der Waals surface area (Å²) in [5, 5.41) is 5.33. The average molecular weight is 296 g/mol. The summed E-state index contributed by atoms with van der Waals surface area (Å²) in [5.74, 6) is 2.25. The summed E-state index contributed by atoms with van der Waals surface area (Å²) >= 11 is 3.48. The van der Waals surface area contributed by atoms with E-state index in [0.717, 1.165) is 48.3 Å². The maximum atomic E-state index is 12.0. The highest BCUT2D eigenvalue weighted by Gasteiger charge is 2.17. The molecule has 0 bridgehead atoms. The summed E-state index contributed by atoms with van der Waals surface area (Å²) < 4.78 is 1.43. The summed E-state index contributed by atoms with van der Waals surface area (Å²) in [5.41, 5.74) is 0.805. The third-order valence-corrected chi connectivity index (χ3v) is 4.99. The van der Waals surface area contributed by atoms with Crippen molar-refractivity contribution in [2.24, 2.45) is 0 Å². The van der Waals surface area contributed by atoms with Gasteiger partial charge in [0.2, 0.25) is 10.1 Å². The van der Waals surface area contributed by atoms with Crippen molar-refractivity contribution in [3.05, 3.63) is 22.1 Å². The molecule has 3 rings (SSSR count). The molecule has 0 radical (unpaired) electrons. The molecule has 0 spiro atoms. The molecule has 0 aliphatic carbocycles. The molecule has 102 valence electrons. The van der Waals surface area contributed by atoms with Gasteiger partial charge in [-0.05, 0) is 6.42 Å². The number of aryl methyl sites for hydroxylation is 1. The van der Waals surface area contributed by atoms with Crippen molar-refractivity contribution < 1.29 is 0 Å². The molecule has 1 fully saturated rings. The van der Waals surface area contributed by atoms with Crippen LogP contribution in [0.2, 0.25) is 0 Å². The van der Waals surface area contributed by atoms with Crippen molar-refractivity contribution in [3.63, 3.8) is 0 Å². The van der Waals surface area contributed by atoms with E-state index in [0.29, 0.717) is 4.96 Å². The van der Waals surface area contributed by atoms with Crippen molar-refractivity contribution in [2.75, 3.05) is 29.5 Å². The van der Waals surface area contributed by atoms with Crippen LogP contribution in [0.15, 0.2) is 10.9 Å². The summed E-state index contributed by atoms with van der Waals surface area (Å²) in [6.07, 6.45) is 1.84. The molecule has 0 atom stereocenters. The second-order valence-corrected chi connectivity index (χ2v) is 6.67. The third kappa shape index (κ3) is 2.62. The average Bonchev–Trinajstić information content (AvgIpc) is 2.85. The van der Waals surface area contributed by atoms with Crippen LogP contribution in [-0.2, 0) is 6.42 Å². The van der Waals surface area contributed by atoms with Gasteiger partial charge in [0.25, 0.3) is 5.56 Å². The van der Waals surface area contributed by atoms with E-state index in [-0.39, 0.29) is 5.56 Å². The van der Waals surface area contributed by atoms with E-state index in [9.17, 15) is 4.79 Å². The number of rotatable bonds is 3. The molecular weight excluding hydrogens is 280 g/mol. The third-order valence-electron chi connectivity index (χ3n) is 3.08. The summed E-state index contributed by atoms with van der Waals surface area (Å²) in [7, 11) is 0. The molecule has 5 nitrogen and oxygen atoms in total. The fourth-order valence-corrected chi connectivity index (χ4v) is 3.99. The van der Waals surface area contributed by atoms with Crippen LogP contribution in [0.4, 0.5) is 5.13 Å². The van der Waals surface area contributed by atoms with Gasteiger partial charge in [0.05, 0.1) is 0 Å². The van der Waals surface area contributed by atoms with Gasteiger partial charge in [0.1, 0.15) is 0 Å². The number of hydrogen-bond acceptors (Lipinski definition) is 6. The van der Waals surface area contributed by atoms with Gasteiger partial charge in [-0.25, -0.2) is 4.98 Å². The molecule has 3 heterocycles. The van der Waals surface area contributed by atoms with Crippen LogP contribution in [-0.4, -0.2) is 39.2 Å². The summed E-state index contributed by atoms with van der Waals surface area (Å²) in [6.45, 7) is 4.09. The van der Waals surface area contributed by atoms with Gasteiger partial charge in [0.15, 0.2) is 0 Å². The van der Waals surface area contributed by atoms with E-state index >= 15 is 0 Å². The number of aromatic nitrogens is 3. The van der Waals surface area contributed by atoms with Crippen LogP contribution in [0, 0.1) is 0 Å². The molecular formula is C12H16N4OS2. The highest BCUT2D eigenvalue weighted by atomic mass is 32.2. The highest BCUT2D eigenvalue weighted by Crippen LogP contribution is 2.24. The first-order valence-corrected chi connectivity index (χ1v) is 8.47. The van der Waals surface area contributed by atoms with E-state index in [1.807, 2.05) is 11.8 Å². The molecule has 0 aromatic carbocycles. The lowest BCUT2D eigenvalue weighted by Gasteiger charge is -2.24. The van der Waals surface area contributed by atoms with Gasteiger partial charge >= 0.3 is 0 Å². The predicted octanol–water partition coefficient (Wildman–Crippen LogP) is 1.66. The van der Waals surface area contributed by atoms with Crippen LogP contribution in [0.3, 0.4) is 0 Å². The lowest BCUT2D eigenvalue weighted by molar-refractivity contribution is 0.802. The van der Waals surface area contributed by atoms with E-state index in [4.69, 9.17) is 0 Å². The Hall–Kier alpha value is -1.08. The van der Waals surface area contributed by atoms with Gasteiger partial charge in [-0.1, -0.05) is 24.7 Å². The van der Waals surface area contributed by atoms with Crippen LogP contribution >= 0.6 is 23.1 Å². The molecule has 7 heteroatoms. The molecule has 0 saturated carbocycles. The second kappa shape index (κ2) is 5.50. The Balaban J connectivity index is 1.99. The quantitative estimate of drug-likeness (QED) is 0.862. The monoisotopic (exact) mass is 296 g/mol.